The van der Waals surface area contributed by atoms with Gasteiger partial charge in [-0.2, -0.15) is 4.31 Å². The number of hydrogen-bond donors (Lipinski definition) is 1. The maximum Gasteiger partial charge on any atom is 0.255 e. The van der Waals surface area contributed by atoms with Crippen molar-refractivity contribution in [2.45, 2.75) is 31.6 Å². The molecule has 1 aliphatic heterocycles. The van der Waals surface area contributed by atoms with Gasteiger partial charge >= 0.3 is 0 Å². The van der Waals surface area contributed by atoms with E-state index in [1.807, 2.05) is 13.8 Å². The average molecular weight is 419 g/mol. The van der Waals surface area contributed by atoms with Crippen molar-refractivity contribution >= 4 is 21.6 Å². The van der Waals surface area contributed by atoms with Crippen molar-refractivity contribution in [2.24, 2.45) is 0 Å². The van der Waals surface area contributed by atoms with Gasteiger partial charge in [-0.15, -0.1) is 0 Å². The molecule has 0 unspecified atom stereocenters. The van der Waals surface area contributed by atoms with Gasteiger partial charge in [-0.3, -0.25) is 4.79 Å². The smallest absolute Gasteiger partial charge is 0.255 e. The highest BCUT2D eigenvalue weighted by molar-refractivity contribution is 7.89. The summed E-state index contributed by atoms with van der Waals surface area (Å²) >= 11 is 0. The summed E-state index contributed by atoms with van der Waals surface area (Å²) in [7, 11) is -3.59. The molecule has 29 heavy (non-hydrogen) atoms. The Balaban J connectivity index is 1.85. The van der Waals surface area contributed by atoms with Crippen molar-refractivity contribution in [2.75, 3.05) is 31.6 Å². The highest BCUT2D eigenvalue weighted by Gasteiger charge is 2.27. The van der Waals surface area contributed by atoms with Gasteiger partial charge in [0.1, 0.15) is 11.5 Å². The molecule has 1 amide bonds. The third kappa shape index (κ3) is 4.89. The Hall–Kier alpha value is -2.58. The molecule has 2 aromatic carbocycles. The van der Waals surface area contributed by atoms with Crippen LogP contribution in [-0.2, 0) is 10.0 Å². The summed E-state index contributed by atoms with van der Waals surface area (Å²) in [6.45, 7) is 5.70. The Bertz CT molecular complexity index is 969. The van der Waals surface area contributed by atoms with E-state index in [2.05, 4.69) is 5.32 Å². The first-order valence-corrected chi connectivity index (χ1v) is 11.2. The van der Waals surface area contributed by atoms with Gasteiger partial charge in [-0.05, 0) is 57.0 Å². The molecule has 1 aliphatic rings. The zero-order chi connectivity index (χ0) is 20.9. The number of sulfonamides is 1. The number of carbonyl (C=O) groups is 1. The molecule has 1 saturated heterocycles. The van der Waals surface area contributed by atoms with Gasteiger partial charge < -0.3 is 14.8 Å². The van der Waals surface area contributed by atoms with Crippen LogP contribution in [0.5, 0.6) is 11.5 Å². The van der Waals surface area contributed by atoms with E-state index in [0.717, 1.165) is 12.8 Å². The van der Waals surface area contributed by atoms with E-state index < -0.39 is 15.9 Å². The van der Waals surface area contributed by atoms with Crippen molar-refractivity contribution in [3.63, 3.8) is 0 Å². The Morgan fingerprint density at radius 1 is 1.03 bits per heavy atom. The predicted molar refractivity (Wildman–Crippen MR) is 111 cm³/mol. The van der Waals surface area contributed by atoms with Crippen LogP contribution in [-0.4, -0.2) is 44.9 Å². The van der Waals surface area contributed by atoms with E-state index in [1.54, 1.807) is 30.3 Å². The van der Waals surface area contributed by atoms with E-state index >= 15 is 0 Å². The third-order valence-electron chi connectivity index (χ3n) is 4.61. The number of ether oxygens (including phenoxy) is 2. The molecular formula is C21H26N2O5S. The Morgan fingerprint density at radius 2 is 1.76 bits per heavy atom. The minimum atomic E-state index is -3.59. The molecule has 156 valence electrons. The first-order valence-electron chi connectivity index (χ1n) is 9.77. The SMILES string of the molecule is CCOc1ccc(OCC)c(NC(=O)c2cccc(S(=O)(=O)N3CCCC3)c2)c1. The summed E-state index contributed by atoms with van der Waals surface area (Å²) < 4.78 is 38.1. The molecule has 1 heterocycles. The number of anilines is 1. The van der Waals surface area contributed by atoms with Crippen LogP contribution in [0.25, 0.3) is 0 Å². The van der Waals surface area contributed by atoms with E-state index in [9.17, 15) is 13.2 Å². The molecule has 0 saturated carbocycles. The standard InChI is InChI=1S/C21H26N2O5S/c1-3-27-17-10-11-20(28-4-2)19(15-17)22-21(24)16-8-7-9-18(14-16)29(25,26)23-12-5-6-13-23/h7-11,14-15H,3-6,12-13H2,1-2H3,(H,22,24). The van der Waals surface area contributed by atoms with Crippen LogP contribution in [0.1, 0.15) is 37.0 Å². The molecule has 0 aromatic heterocycles. The number of amides is 1. The summed E-state index contributed by atoms with van der Waals surface area (Å²) in [5.41, 5.74) is 0.727. The molecule has 2 aromatic rings. The predicted octanol–water partition coefficient (Wildman–Crippen LogP) is 3.52. The quantitative estimate of drug-likeness (QED) is 0.709. The van der Waals surface area contributed by atoms with Gasteiger partial charge in [0.05, 0.1) is 23.8 Å². The summed E-state index contributed by atoms with van der Waals surface area (Å²) in [4.78, 5) is 12.9. The number of rotatable bonds is 8. The van der Waals surface area contributed by atoms with Crippen molar-refractivity contribution < 1.29 is 22.7 Å². The third-order valence-corrected chi connectivity index (χ3v) is 6.50. The lowest BCUT2D eigenvalue weighted by Crippen LogP contribution is -2.28. The van der Waals surface area contributed by atoms with Gasteiger partial charge in [0.2, 0.25) is 10.0 Å². The average Bonchev–Trinajstić information content (AvgIpc) is 3.26. The highest BCUT2D eigenvalue weighted by Crippen LogP contribution is 2.30. The fraction of sp³-hybridized carbons (Fsp3) is 0.381. The molecule has 3 rings (SSSR count). The van der Waals surface area contributed by atoms with Crippen LogP contribution < -0.4 is 14.8 Å². The van der Waals surface area contributed by atoms with Gasteiger partial charge in [0.15, 0.2) is 0 Å². The lowest BCUT2D eigenvalue weighted by molar-refractivity contribution is 0.102. The number of hydrogen-bond acceptors (Lipinski definition) is 5. The molecule has 1 N–H and O–H groups in total. The van der Waals surface area contributed by atoms with E-state index in [4.69, 9.17) is 9.47 Å². The lowest BCUT2D eigenvalue weighted by atomic mass is 10.2. The Labute approximate surface area is 171 Å². The van der Waals surface area contributed by atoms with Crippen LogP contribution in [0.2, 0.25) is 0 Å². The highest BCUT2D eigenvalue weighted by atomic mass is 32.2. The van der Waals surface area contributed by atoms with E-state index in [0.29, 0.717) is 43.5 Å². The topological polar surface area (TPSA) is 84.9 Å². The van der Waals surface area contributed by atoms with E-state index in [-0.39, 0.29) is 10.5 Å². The molecule has 0 atom stereocenters. The molecular weight excluding hydrogens is 392 g/mol. The normalized spacial score (nSPS) is 14.6. The molecule has 0 radical (unpaired) electrons. The second kappa shape index (κ2) is 9.28. The van der Waals surface area contributed by atoms with E-state index in [1.165, 1.54) is 16.4 Å². The molecule has 0 bridgehead atoms. The zero-order valence-electron chi connectivity index (χ0n) is 16.7. The molecule has 7 nitrogen and oxygen atoms in total. The minimum Gasteiger partial charge on any atom is -0.494 e. The van der Waals surface area contributed by atoms with Gasteiger partial charge in [0.25, 0.3) is 5.91 Å². The van der Waals surface area contributed by atoms with Crippen LogP contribution in [0.3, 0.4) is 0 Å². The first kappa shape index (κ1) is 21.1. The molecule has 8 heteroatoms. The van der Waals surface area contributed by atoms with Gasteiger partial charge in [0, 0.05) is 24.7 Å². The summed E-state index contributed by atoms with van der Waals surface area (Å²) in [6.07, 6.45) is 1.71. The van der Waals surface area contributed by atoms with Crippen LogP contribution in [0.15, 0.2) is 47.4 Å². The van der Waals surface area contributed by atoms with Crippen molar-refractivity contribution in [1.82, 2.24) is 4.31 Å². The minimum absolute atomic E-state index is 0.125. The monoisotopic (exact) mass is 418 g/mol. The number of nitrogens with one attached hydrogen (secondary N) is 1. The maximum atomic E-state index is 12.8. The Morgan fingerprint density at radius 3 is 2.45 bits per heavy atom. The summed E-state index contributed by atoms with van der Waals surface area (Å²) in [5.74, 6) is 0.708. The second-order valence-electron chi connectivity index (χ2n) is 6.62. The maximum absolute atomic E-state index is 12.8. The number of benzene rings is 2. The van der Waals surface area contributed by atoms with Crippen LogP contribution in [0, 0.1) is 0 Å². The van der Waals surface area contributed by atoms with Gasteiger partial charge in [-0.25, -0.2) is 8.42 Å². The van der Waals surface area contributed by atoms with Crippen molar-refractivity contribution in [3.05, 3.63) is 48.0 Å². The van der Waals surface area contributed by atoms with Crippen LogP contribution in [0.4, 0.5) is 5.69 Å². The molecule has 0 spiro atoms. The van der Waals surface area contributed by atoms with Crippen molar-refractivity contribution in [1.29, 1.82) is 0 Å². The number of carbonyl (C=O) groups excluding carboxylic acids is 1. The van der Waals surface area contributed by atoms with Gasteiger partial charge in [-0.1, -0.05) is 6.07 Å². The lowest BCUT2D eigenvalue weighted by Gasteiger charge is -2.16. The fourth-order valence-electron chi connectivity index (χ4n) is 3.21. The molecule has 1 fully saturated rings. The van der Waals surface area contributed by atoms with Crippen molar-refractivity contribution in [3.8, 4) is 11.5 Å². The zero-order valence-corrected chi connectivity index (χ0v) is 17.5. The Kier molecular flexibility index (Phi) is 6.76. The fourth-order valence-corrected chi connectivity index (χ4v) is 4.78. The number of nitrogens with zero attached hydrogens (tertiary/aromatic N) is 1. The second-order valence-corrected chi connectivity index (χ2v) is 8.56. The van der Waals surface area contributed by atoms with Crippen LogP contribution >= 0.6 is 0 Å². The largest absolute Gasteiger partial charge is 0.494 e. The first-order chi connectivity index (χ1) is 14.0. The summed E-state index contributed by atoms with van der Waals surface area (Å²) in [6, 6.07) is 11.3. The summed E-state index contributed by atoms with van der Waals surface area (Å²) in [5, 5.41) is 2.81. The molecule has 0 aliphatic carbocycles.